The van der Waals surface area contributed by atoms with Crippen molar-refractivity contribution in [2.45, 2.75) is 29.2 Å². The summed E-state index contributed by atoms with van der Waals surface area (Å²) in [4.78, 5) is 10.6. The fourth-order valence-electron chi connectivity index (χ4n) is 1.35. The average molecular weight is 336 g/mol. The van der Waals surface area contributed by atoms with E-state index in [2.05, 4.69) is 4.72 Å². The van der Waals surface area contributed by atoms with Crippen LogP contribution in [-0.4, -0.2) is 40.5 Å². The molecule has 0 aliphatic heterocycles. The lowest BCUT2D eigenvalue weighted by Gasteiger charge is -2.20. The van der Waals surface area contributed by atoms with Gasteiger partial charge in [0, 0.05) is 0 Å². The van der Waals surface area contributed by atoms with Gasteiger partial charge in [0.1, 0.15) is 5.54 Å². The topological polar surface area (TPSA) is 130 Å². The zero-order valence-electron chi connectivity index (χ0n) is 11.6. The summed E-state index contributed by atoms with van der Waals surface area (Å²) < 4.78 is 51.3. The molecule has 0 unspecified atom stereocenters. The summed E-state index contributed by atoms with van der Waals surface area (Å²) in [5.74, 6) is -1.33. The highest BCUT2D eigenvalue weighted by atomic mass is 32.2. The van der Waals surface area contributed by atoms with Crippen molar-refractivity contribution in [3.05, 3.63) is 24.3 Å². The molecular weight excluding hydrogens is 320 g/mol. The minimum absolute atomic E-state index is 0.0959. The summed E-state index contributed by atoms with van der Waals surface area (Å²) in [6.45, 7) is 2.40. The lowest BCUT2D eigenvalue weighted by Crippen LogP contribution is -2.49. The van der Waals surface area contributed by atoms with Gasteiger partial charge in [0.25, 0.3) is 0 Å². The average Bonchev–Trinajstić information content (AvgIpc) is 2.37. The van der Waals surface area contributed by atoms with E-state index >= 15 is 0 Å². The molecule has 8 nitrogen and oxygen atoms in total. The Bertz CT molecular complexity index is 735. The molecule has 0 amide bonds. The van der Waals surface area contributed by atoms with Crippen LogP contribution >= 0.6 is 0 Å². The van der Waals surface area contributed by atoms with E-state index in [-0.39, 0.29) is 9.79 Å². The van der Waals surface area contributed by atoms with Gasteiger partial charge in [0.2, 0.25) is 20.0 Å². The normalized spacial score (nSPS) is 13.1. The van der Waals surface area contributed by atoms with Crippen LogP contribution in [0, 0.1) is 0 Å². The van der Waals surface area contributed by atoms with Gasteiger partial charge in [0.05, 0.1) is 9.79 Å². The largest absolute Gasteiger partial charge is 0.480 e. The van der Waals surface area contributed by atoms with Gasteiger partial charge in [-0.3, -0.25) is 4.79 Å². The second-order valence-electron chi connectivity index (χ2n) is 4.71. The van der Waals surface area contributed by atoms with Crippen molar-refractivity contribution in [2.24, 2.45) is 0 Å². The fourth-order valence-corrected chi connectivity index (χ4v) is 3.46. The highest BCUT2D eigenvalue weighted by Gasteiger charge is 2.33. The van der Waals surface area contributed by atoms with E-state index in [4.69, 9.17) is 5.11 Å². The van der Waals surface area contributed by atoms with Crippen molar-refractivity contribution < 1.29 is 26.7 Å². The van der Waals surface area contributed by atoms with Crippen LogP contribution in [0.5, 0.6) is 0 Å². The molecule has 0 radical (unpaired) electrons. The number of nitrogens with one attached hydrogen (secondary N) is 2. The van der Waals surface area contributed by atoms with Gasteiger partial charge in [0.15, 0.2) is 0 Å². The summed E-state index contributed by atoms with van der Waals surface area (Å²) in [6.07, 6.45) is 0. The van der Waals surface area contributed by atoms with Crippen molar-refractivity contribution in [1.29, 1.82) is 0 Å². The van der Waals surface area contributed by atoms with Gasteiger partial charge in [-0.05, 0) is 45.2 Å². The number of aliphatic carboxylic acids is 1. The third-order valence-corrected chi connectivity index (χ3v) is 5.74. The number of rotatable bonds is 6. The molecule has 0 aliphatic carbocycles. The molecule has 118 valence electrons. The quantitative estimate of drug-likeness (QED) is 0.656. The highest BCUT2D eigenvalue weighted by molar-refractivity contribution is 7.90. The number of hydrogen-bond donors (Lipinski definition) is 3. The third-order valence-electron chi connectivity index (χ3n) is 2.64. The van der Waals surface area contributed by atoms with E-state index in [0.717, 1.165) is 24.3 Å². The predicted octanol–water partition coefficient (Wildman–Crippen LogP) is -0.264. The van der Waals surface area contributed by atoms with Crippen LogP contribution < -0.4 is 9.44 Å². The standard InChI is InChI=1S/C11H16N2O6S2/c1-11(2,10(14)15)13-21(18,19)9-6-4-8(5-7-9)20(16,17)12-3/h4-7,12-13H,1-3H3,(H,14,15). The van der Waals surface area contributed by atoms with Gasteiger partial charge >= 0.3 is 5.97 Å². The first-order valence-corrected chi connectivity index (χ1v) is 8.70. The van der Waals surface area contributed by atoms with Crippen LogP contribution in [0.4, 0.5) is 0 Å². The first-order chi connectivity index (χ1) is 9.42. The summed E-state index contributed by atoms with van der Waals surface area (Å²) in [5, 5.41) is 8.92. The number of carboxylic acid groups (broad SMARTS) is 1. The Balaban J connectivity index is 3.15. The Hall–Kier alpha value is -1.49. The molecule has 0 fully saturated rings. The van der Waals surface area contributed by atoms with Crippen LogP contribution in [-0.2, 0) is 24.8 Å². The highest BCUT2D eigenvalue weighted by Crippen LogP contribution is 2.16. The van der Waals surface area contributed by atoms with Crippen molar-refractivity contribution in [3.8, 4) is 0 Å². The summed E-state index contributed by atoms with van der Waals surface area (Å²) in [5.41, 5.74) is -1.69. The minimum Gasteiger partial charge on any atom is -0.480 e. The molecule has 0 saturated carbocycles. The summed E-state index contributed by atoms with van der Waals surface area (Å²) >= 11 is 0. The zero-order chi connectivity index (χ0) is 16.5. The maximum atomic E-state index is 12.0. The molecule has 1 aromatic carbocycles. The molecule has 10 heteroatoms. The molecule has 0 saturated heterocycles. The molecule has 0 atom stereocenters. The Labute approximate surface area is 123 Å². The molecule has 3 N–H and O–H groups in total. The van der Waals surface area contributed by atoms with E-state index in [1.54, 1.807) is 0 Å². The van der Waals surface area contributed by atoms with Crippen LogP contribution in [0.25, 0.3) is 0 Å². The first-order valence-electron chi connectivity index (χ1n) is 5.73. The SMILES string of the molecule is CNS(=O)(=O)c1ccc(S(=O)(=O)NC(C)(C)C(=O)O)cc1. The minimum atomic E-state index is -4.08. The van der Waals surface area contributed by atoms with Crippen LogP contribution in [0.2, 0.25) is 0 Å². The first kappa shape index (κ1) is 17.6. The molecule has 0 spiro atoms. The van der Waals surface area contributed by atoms with Gasteiger partial charge in [-0.15, -0.1) is 0 Å². The number of sulfonamides is 2. The lowest BCUT2D eigenvalue weighted by molar-refractivity contribution is -0.142. The van der Waals surface area contributed by atoms with Gasteiger partial charge in [-0.2, -0.15) is 4.72 Å². The maximum absolute atomic E-state index is 12.0. The van der Waals surface area contributed by atoms with Crippen molar-refractivity contribution >= 4 is 26.0 Å². The number of hydrogen-bond acceptors (Lipinski definition) is 5. The zero-order valence-corrected chi connectivity index (χ0v) is 13.2. The Morgan fingerprint density at radius 2 is 1.38 bits per heavy atom. The smallest absolute Gasteiger partial charge is 0.324 e. The van der Waals surface area contributed by atoms with E-state index < -0.39 is 31.6 Å². The van der Waals surface area contributed by atoms with Crippen molar-refractivity contribution in [2.75, 3.05) is 7.05 Å². The lowest BCUT2D eigenvalue weighted by atomic mass is 10.1. The second kappa shape index (κ2) is 5.72. The molecule has 0 bridgehead atoms. The number of carbonyl (C=O) groups is 1. The van der Waals surface area contributed by atoms with Crippen LogP contribution in [0.15, 0.2) is 34.1 Å². The summed E-state index contributed by atoms with van der Waals surface area (Å²) in [6, 6.07) is 4.41. The molecule has 0 aliphatic rings. The fraction of sp³-hybridized carbons (Fsp3) is 0.364. The van der Waals surface area contributed by atoms with E-state index in [9.17, 15) is 21.6 Å². The number of benzene rings is 1. The Kier molecular flexibility index (Phi) is 4.78. The Morgan fingerprint density at radius 3 is 1.71 bits per heavy atom. The Morgan fingerprint density at radius 1 is 1.00 bits per heavy atom. The molecule has 1 aromatic rings. The van der Waals surface area contributed by atoms with Gasteiger partial charge < -0.3 is 5.11 Å². The monoisotopic (exact) mass is 336 g/mol. The van der Waals surface area contributed by atoms with Crippen molar-refractivity contribution in [3.63, 3.8) is 0 Å². The van der Waals surface area contributed by atoms with Gasteiger partial charge in [-0.25, -0.2) is 21.6 Å². The molecule has 0 aromatic heterocycles. The summed E-state index contributed by atoms with van der Waals surface area (Å²) in [7, 11) is -6.51. The van der Waals surface area contributed by atoms with E-state index in [0.29, 0.717) is 0 Å². The molecular formula is C11H16N2O6S2. The van der Waals surface area contributed by atoms with E-state index in [1.807, 2.05) is 4.72 Å². The molecule has 0 heterocycles. The van der Waals surface area contributed by atoms with Crippen molar-refractivity contribution in [1.82, 2.24) is 9.44 Å². The molecule has 1 rings (SSSR count). The van der Waals surface area contributed by atoms with Crippen LogP contribution in [0.3, 0.4) is 0 Å². The van der Waals surface area contributed by atoms with Crippen LogP contribution in [0.1, 0.15) is 13.8 Å². The van der Waals surface area contributed by atoms with Gasteiger partial charge in [-0.1, -0.05) is 0 Å². The maximum Gasteiger partial charge on any atom is 0.324 e. The predicted molar refractivity (Wildman–Crippen MR) is 74.7 cm³/mol. The number of carboxylic acids is 1. The molecule has 21 heavy (non-hydrogen) atoms. The third kappa shape index (κ3) is 4.00. The second-order valence-corrected chi connectivity index (χ2v) is 8.28. The van der Waals surface area contributed by atoms with E-state index in [1.165, 1.54) is 20.9 Å².